The highest BCUT2D eigenvalue weighted by atomic mass is 15.1. The molecular formula is C12H17N. The van der Waals surface area contributed by atoms with Crippen molar-refractivity contribution in [3.63, 3.8) is 0 Å². The van der Waals surface area contributed by atoms with Gasteiger partial charge >= 0.3 is 0 Å². The van der Waals surface area contributed by atoms with Crippen molar-refractivity contribution in [3.05, 3.63) is 42.0 Å². The average molecular weight is 175 g/mol. The normalized spacial score (nSPS) is 10.7. The first-order chi connectivity index (χ1) is 6.24. The Hall–Kier alpha value is -1.24. The molecule has 0 spiro atoms. The van der Waals surface area contributed by atoms with E-state index < -0.39 is 0 Å². The van der Waals surface area contributed by atoms with Crippen LogP contribution in [0.1, 0.15) is 12.5 Å². The maximum Gasteiger partial charge on any atom is 0.0366 e. The Bertz CT molecular complexity index is 272. The second kappa shape index (κ2) is 4.70. The second-order valence-corrected chi connectivity index (χ2v) is 3.29. The lowest BCUT2D eigenvalue weighted by molar-refractivity contribution is 1.03. The molecule has 1 aromatic rings. The van der Waals surface area contributed by atoms with Gasteiger partial charge in [-0.25, -0.2) is 0 Å². The topological polar surface area (TPSA) is 3.24 Å². The molecule has 0 aromatic heterocycles. The van der Waals surface area contributed by atoms with Gasteiger partial charge in [-0.1, -0.05) is 29.8 Å². The minimum atomic E-state index is 0.972. The van der Waals surface area contributed by atoms with Crippen molar-refractivity contribution >= 4 is 5.69 Å². The first-order valence-corrected chi connectivity index (χ1v) is 4.63. The van der Waals surface area contributed by atoms with Crippen LogP contribution in [-0.4, -0.2) is 13.6 Å². The van der Waals surface area contributed by atoms with Crippen molar-refractivity contribution in [2.24, 2.45) is 0 Å². The molecule has 0 N–H and O–H groups in total. The van der Waals surface area contributed by atoms with E-state index in [9.17, 15) is 0 Å². The summed E-state index contributed by atoms with van der Waals surface area (Å²) in [6.45, 7) is 5.12. The van der Waals surface area contributed by atoms with Crippen LogP contribution in [0.3, 0.4) is 0 Å². The Morgan fingerprint density at radius 3 is 2.38 bits per heavy atom. The van der Waals surface area contributed by atoms with Crippen molar-refractivity contribution in [3.8, 4) is 0 Å². The van der Waals surface area contributed by atoms with Gasteiger partial charge in [0.05, 0.1) is 0 Å². The fourth-order valence-electron chi connectivity index (χ4n) is 1.17. The van der Waals surface area contributed by atoms with Crippen molar-refractivity contribution in [2.75, 3.05) is 18.5 Å². The molecule has 0 amide bonds. The highest BCUT2D eigenvalue weighted by Gasteiger charge is 1.96. The van der Waals surface area contributed by atoms with Crippen molar-refractivity contribution in [1.29, 1.82) is 0 Å². The molecule has 0 heterocycles. The highest BCUT2D eigenvalue weighted by molar-refractivity contribution is 5.47. The van der Waals surface area contributed by atoms with Gasteiger partial charge in [0, 0.05) is 19.3 Å². The van der Waals surface area contributed by atoms with Crippen LogP contribution in [0.15, 0.2) is 36.4 Å². The van der Waals surface area contributed by atoms with E-state index in [1.807, 2.05) is 6.92 Å². The summed E-state index contributed by atoms with van der Waals surface area (Å²) >= 11 is 0. The average Bonchev–Trinajstić information content (AvgIpc) is 2.15. The predicted molar refractivity (Wildman–Crippen MR) is 59.3 cm³/mol. The van der Waals surface area contributed by atoms with Gasteiger partial charge in [0.1, 0.15) is 0 Å². The molecule has 0 aliphatic heterocycles. The van der Waals surface area contributed by atoms with E-state index in [4.69, 9.17) is 0 Å². The Morgan fingerprint density at radius 1 is 1.23 bits per heavy atom. The Labute approximate surface area is 80.7 Å². The third-order valence-corrected chi connectivity index (χ3v) is 2.09. The Balaban J connectivity index is 2.66. The van der Waals surface area contributed by atoms with Crippen molar-refractivity contribution < 1.29 is 0 Å². The number of hydrogen-bond acceptors (Lipinski definition) is 1. The number of hydrogen-bond donors (Lipinski definition) is 0. The van der Waals surface area contributed by atoms with E-state index in [1.54, 1.807) is 0 Å². The summed E-state index contributed by atoms with van der Waals surface area (Å²) in [6.07, 6.45) is 4.23. The summed E-state index contributed by atoms with van der Waals surface area (Å²) < 4.78 is 0. The number of likely N-dealkylation sites (N-methyl/N-ethyl adjacent to an activating group) is 1. The zero-order valence-corrected chi connectivity index (χ0v) is 8.62. The van der Waals surface area contributed by atoms with Gasteiger partial charge in [0.2, 0.25) is 0 Å². The summed E-state index contributed by atoms with van der Waals surface area (Å²) in [5, 5.41) is 0. The van der Waals surface area contributed by atoms with Gasteiger partial charge in [-0.3, -0.25) is 0 Å². The maximum absolute atomic E-state index is 2.22. The minimum Gasteiger partial charge on any atom is -0.371 e. The van der Waals surface area contributed by atoms with Crippen LogP contribution in [0.25, 0.3) is 0 Å². The SMILES string of the molecule is C/C=C/CN(C)c1ccc(C)cc1. The lowest BCUT2D eigenvalue weighted by Crippen LogP contribution is -2.16. The first-order valence-electron chi connectivity index (χ1n) is 4.63. The van der Waals surface area contributed by atoms with E-state index in [0.717, 1.165) is 6.54 Å². The quantitative estimate of drug-likeness (QED) is 0.638. The number of nitrogens with zero attached hydrogens (tertiary/aromatic N) is 1. The lowest BCUT2D eigenvalue weighted by Gasteiger charge is -2.17. The van der Waals surface area contributed by atoms with Crippen LogP contribution in [0.4, 0.5) is 5.69 Å². The number of allylic oxidation sites excluding steroid dienone is 1. The van der Waals surface area contributed by atoms with Gasteiger partial charge in [0.15, 0.2) is 0 Å². The summed E-state index contributed by atoms with van der Waals surface area (Å²) in [5.41, 5.74) is 2.58. The minimum absolute atomic E-state index is 0.972. The van der Waals surface area contributed by atoms with E-state index in [-0.39, 0.29) is 0 Å². The fourth-order valence-corrected chi connectivity index (χ4v) is 1.17. The molecule has 0 fully saturated rings. The van der Waals surface area contributed by atoms with Gasteiger partial charge < -0.3 is 4.90 Å². The van der Waals surface area contributed by atoms with E-state index in [0.29, 0.717) is 0 Å². The molecule has 0 saturated carbocycles. The lowest BCUT2D eigenvalue weighted by atomic mass is 10.2. The molecule has 0 unspecified atom stereocenters. The Kier molecular flexibility index (Phi) is 3.56. The van der Waals surface area contributed by atoms with Crippen molar-refractivity contribution in [2.45, 2.75) is 13.8 Å². The largest absolute Gasteiger partial charge is 0.371 e. The predicted octanol–water partition coefficient (Wildman–Crippen LogP) is 3.01. The van der Waals surface area contributed by atoms with Gasteiger partial charge in [-0.05, 0) is 26.0 Å². The van der Waals surface area contributed by atoms with E-state index >= 15 is 0 Å². The molecule has 0 aliphatic carbocycles. The molecule has 1 aromatic carbocycles. The molecule has 0 radical (unpaired) electrons. The number of rotatable bonds is 3. The summed E-state index contributed by atoms with van der Waals surface area (Å²) in [7, 11) is 2.10. The monoisotopic (exact) mass is 175 g/mol. The molecule has 1 rings (SSSR count). The zero-order valence-electron chi connectivity index (χ0n) is 8.62. The molecule has 13 heavy (non-hydrogen) atoms. The Morgan fingerprint density at radius 2 is 1.85 bits per heavy atom. The number of aryl methyl sites for hydroxylation is 1. The third kappa shape index (κ3) is 2.94. The fraction of sp³-hybridized carbons (Fsp3) is 0.333. The van der Waals surface area contributed by atoms with Crippen LogP contribution in [0, 0.1) is 6.92 Å². The summed E-state index contributed by atoms with van der Waals surface area (Å²) in [6, 6.07) is 8.58. The van der Waals surface area contributed by atoms with Crippen LogP contribution >= 0.6 is 0 Å². The van der Waals surface area contributed by atoms with Gasteiger partial charge in [-0.15, -0.1) is 0 Å². The van der Waals surface area contributed by atoms with Crippen LogP contribution in [0.5, 0.6) is 0 Å². The second-order valence-electron chi connectivity index (χ2n) is 3.29. The first kappa shape index (κ1) is 9.85. The molecule has 0 atom stereocenters. The molecule has 70 valence electrons. The van der Waals surface area contributed by atoms with Crippen molar-refractivity contribution in [1.82, 2.24) is 0 Å². The van der Waals surface area contributed by atoms with Gasteiger partial charge in [-0.2, -0.15) is 0 Å². The zero-order chi connectivity index (χ0) is 9.68. The molecule has 0 bridgehead atoms. The van der Waals surface area contributed by atoms with Crippen LogP contribution in [-0.2, 0) is 0 Å². The summed E-state index contributed by atoms with van der Waals surface area (Å²) in [4.78, 5) is 2.22. The number of anilines is 1. The highest BCUT2D eigenvalue weighted by Crippen LogP contribution is 2.12. The van der Waals surface area contributed by atoms with E-state index in [1.165, 1.54) is 11.3 Å². The van der Waals surface area contributed by atoms with Crippen LogP contribution in [0.2, 0.25) is 0 Å². The third-order valence-electron chi connectivity index (χ3n) is 2.09. The molecular weight excluding hydrogens is 158 g/mol. The smallest absolute Gasteiger partial charge is 0.0366 e. The van der Waals surface area contributed by atoms with Gasteiger partial charge in [0.25, 0.3) is 0 Å². The molecule has 1 heteroatoms. The number of benzene rings is 1. The summed E-state index contributed by atoms with van der Waals surface area (Å²) in [5.74, 6) is 0. The molecule has 0 saturated heterocycles. The molecule has 1 nitrogen and oxygen atoms in total. The maximum atomic E-state index is 2.22. The van der Waals surface area contributed by atoms with Crippen LogP contribution < -0.4 is 4.90 Å². The molecule has 0 aliphatic rings. The standard InChI is InChI=1S/C12H17N/c1-4-5-10-13(3)12-8-6-11(2)7-9-12/h4-9H,10H2,1-3H3/b5-4+. The van der Waals surface area contributed by atoms with E-state index in [2.05, 4.69) is 55.3 Å².